The van der Waals surface area contributed by atoms with Crippen LogP contribution in [0, 0.1) is 6.92 Å². The number of hydrogen-bond acceptors (Lipinski definition) is 3. The molecule has 4 nitrogen and oxygen atoms in total. The third kappa shape index (κ3) is 4.40. The van der Waals surface area contributed by atoms with E-state index in [0.717, 1.165) is 41.7 Å². The van der Waals surface area contributed by atoms with Crippen LogP contribution in [0.15, 0.2) is 39.8 Å². The highest BCUT2D eigenvalue weighted by Gasteiger charge is 2.21. The van der Waals surface area contributed by atoms with Crippen molar-refractivity contribution in [1.29, 1.82) is 0 Å². The summed E-state index contributed by atoms with van der Waals surface area (Å²) in [5.41, 5.74) is 4.55. The molecule has 1 atom stereocenters. The van der Waals surface area contributed by atoms with Crippen LogP contribution in [0.25, 0.3) is 0 Å². The van der Waals surface area contributed by atoms with Crippen molar-refractivity contribution >= 4 is 28.0 Å². The second-order valence-electron chi connectivity index (χ2n) is 6.45. The molecule has 0 saturated heterocycles. The van der Waals surface area contributed by atoms with Gasteiger partial charge in [-0.3, -0.25) is 0 Å². The molecular formula is C20H24BrN3O. The highest BCUT2D eigenvalue weighted by molar-refractivity contribution is 9.10. The number of ether oxygens (including phenoxy) is 1. The fourth-order valence-electron chi connectivity index (χ4n) is 2.93. The molecule has 0 unspecified atom stereocenters. The number of hydrogen-bond donors (Lipinski definition) is 0. The molecule has 0 spiro atoms. The maximum absolute atomic E-state index is 6.21. The van der Waals surface area contributed by atoms with Crippen LogP contribution in [0.3, 0.4) is 0 Å². The van der Waals surface area contributed by atoms with E-state index in [1.54, 1.807) is 0 Å². The Morgan fingerprint density at radius 3 is 2.88 bits per heavy atom. The molecule has 132 valence electrons. The van der Waals surface area contributed by atoms with Gasteiger partial charge in [0.2, 0.25) is 5.88 Å². The lowest BCUT2D eigenvalue weighted by atomic mass is 9.90. The van der Waals surface area contributed by atoms with Crippen LogP contribution in [0.4, 0.5) is 5.69 Å². The summed E-state index contributed by atoms with van der Waals surface area (Å²) in [5, 5.41) is 0. The summed E-state index contributed by atoms with van der Waals surface area (Å²) in [5.74, 6) is 0.657. The minimum atomic E-state index is 0.165. The Morgan fingerprint density at radius 1 is 1.36 bits per heavy atom. The van der Waals surface area contributed by atoms with E-state index in [4.69, 9.17) is 4.74 Å². The molecule has 1 aromatic carbocycles. The zero-order chi connectivity index (χ0) is 17.8. The Labute approximate surface area is 158 Å². The molecule has 5 heteroatoms. The Morgan fingerprint density at radius 2 is 2.12 bits per heavy atom. The van der Waals surface area contributed by atoms with E-state index in [2.05, 4.69) is 57.1 Å². The van der Waals surface area contributed by atoms with Crippen molar-refractivity contribution in [2.24, 2.45) is 4.99 Å². The van der Waals surface area contributed by atoms with Gasteiger partial charge in [-0.2, -0.15) is 0 Å². The first-order chi connectivity index (χ1) is 12.1. The van der Waals surface area contributed by atoms with Crippen LogP contribution < -0.4 is 4.74 Å². The van der Waals surface area contributed by atoms with E-state index in [1.165, 1.54) is 11.1 Å². The van der Waals surface area contributed by atoms with Gasteiger partial charge < -0.3 is 9.64 Å². The summed E-state index contributed by atoms with van der Waals surface area (Å²) in [6.07, 6.45) is 5.01. The van der Waals surface area contributed by atoms with Crippen molar-refractivity contribution in [3.05, 3.63) is 51.6 Å². The zero-order valence-electron chi connectivity index (χ0n) is 15.0. The van der Waals surface area contributed by atoms with Crippen LogP contribution in [0.1, 0.15) is 30.2 Å². The van der Waals surface area contributed by atoms with Crippen molar-refractivity contribution < 1.29 is 4.74 Å². The summed E-state index contributed by atoms with van der Waals surface area (Å²) in [4.78, 5) is 11.2. The van der Waals surface area contributed by atoms with Crippen LogP contribution in [-0.4, -0.2) is 35.9 Å². The van der Waals surface area contributed by atoms with Gasteiger partial charge in [0.15, 0.2) is 0 Å². The van der Waals surface area contributed by atoms with E-state index in [0.29, 0.717) is 5.88 Å². The first kappa shape index (κ1) is 17.9. The maximum Gasteiger partial charge on any atom is 0.228 e. The lowest BCUT2D eigenvalue weighted by molar-refractivity contribution is 0.175. The minimum Gasteiger partial charge on any atom is -0.473 e. The molecule has 1 heterocycles. The number of rotatable bonds is 5. The maximum atomic E-state index is 6.21. The monoisotopic (exact) mass is 401 g/mol. The highest BCUT2D eigenvalue weighted by atomic mass is 79.9. The topological polar surface area (TPSA) is 37.7 Å². The average molecular weight is 402 g/mol. The number of fused-ring (bicyclic) bond motifs is 1. The highest BCUT2D eigenvalue weighted by Crippen LogP contribution is 2.32. The van der Waals surface area contributed by atoms with Gasteiger partial charge in [0.1, 0.15) is 6.10 Å². The Hall–Kier alpha value is -1.88. The van der Waals surface area contributed by atoms with Gasteiger partial charge in [-0.05, 0) is 59.8 Å². The van der Waals surface area contributed by atoms with Crippen LogP contribution >= 0.6 is 15.9 Å². The summed E-state index contributed by atoms with van der Waals surface area (Å²) in [6, 6.07) is 10.6. The van der Waals surface area contributed by atoms with E-state index < -0.39 is 0 Å². The molecule has 0 bridgehead atoms. The minimum absolute atomic E-state index is 0.165. The van der Waals surface area contributed by atoms with Crippen LogP contribution in [0.5, 0.6) is 5.88 Å². The molecule has 0 radical (unpaired) electrons. The number of aryl methyl sites for hydroxylation is 2. The fraction of sp³-hybridized carbons (Fsp3) is 0.400. The molecular weight excluding hydrogens is 378 g/mol. The zero-order valence-corrected chi connectivity index (χ0v) is 16.6. The molecule has 3 rings (SSSR count). The van der Waals surface area contributed by atoms with Gasteiger partial charge in [0.05, 0.1) is 22.2 Å². The van der Waals surface area contributed by atoms with Gasteiger partial charge in [-0.25, -0.2) is 9.98 Å². The largest absolute Gasteiger partial charge is 0.473 e. The van der Waals surface area contributed by atoms with Gasteiger partial charge in [0, 0.05) is 20.0 Å². The van der Waals surface area contributed by atoms with Crippen molar-refractivity contribution in [2.75, 3.05) is 13.6 Å². The van der Waals surface area contributed by atoms with Crippen molar-refractivity contribution in [1.82, 2.24) is 9.88 Å². The van der Waals surface area contributed by atoms with E-state index in [-0.39, 0.29) is 6.10 Å². The van der Waals surface area contributed by atoms with E-state index in [1.807, 2.05) is 31.3 Å². The Bertz CT molecular complexity index is 776. The third-order valence-corrected chi connectivity index (χ3v) is 5.15. The quantitative estimate of drug-likeness (QED) is 0.538. The second-order valence-corrected chi connectivity index (χ2v) is 7.30. The van der Waals surface area contributed by atoms with Gasteiger partial charge in [-0.1, -0.05) is 24.3 Å². The third-order valence-electron chi connectivity index (χ3n) is 4.58. The molecule has 0 saturated carbocycles. The lowest BCUT2D eigenvalue weighted by Gasteiger charge is -2.25. The van der Waals surface area contributed by atoms with E-state index in [9.17, 15) is 0 Å². The molecule has 1 aliphatic rings. The molecule has 0 amide bonds. The first-order valence-corrected chi connectivity index (χ1v) is 9.51. The molecule has 1 aliphatic carbocycles. The fourth-order valence-corrected chi connectivity index (χ4v) is 3.33. The molecule has 25 heavy (non-hydrogen) atoms. The van der Waals surface area contributed by atoms with Crippen LogP contribution in [0.2, 0.25) is 0 Å². The van der Waals surface area contributed by atoms with Crippen molar-refractivity contribution in [2.45, 2.75) is 39.2 Å². The van der Waals surface area contributed by atoms with E-state index >= 15 is 0 Å². The molecule has 1 aromatic heterocycles. The number of halogens is 1. The predicted octanol–water partition coefficient (Wildman–Crippen LogP) is 4.70. The number of aromatic nitrogens is 1. The molecule has 0 aliphatic heterocycles. The average Bonchev–Trinajstić information content (AvgIpc) is 2.63. The summed E-state index contributed by atoms with van der Waals surface area (Å²) < 4.78 is 7.06. The Kier molecular flexibility index (Phi) is 5.74. The summed E-state index contributed by atoms with van der Waals surface area (Å²) in [6.45, 7) is 4.97. The molecule has 0 N–H and O–H groups in total. The standard InChI is InChI=1S/C20H24BrN3O/c1-4-24(3)13-22-19-12-18(21)20(23-14(19)2)25-17-10-9-15-7-5-6-8-16(15)11-17/h5-8,12-13,17H,4,9-11H2,1-3H3/b22-13+/t17-/m0/s1. The summed E-state index contributed by atoms with van der Waals surface area (Å²) in [7, 11) is 2.00. The molecule has 2 aromatic rings. The van der Waals surface area contributed by atoms with Crippen molar-refractivity contribution in [3.63, 3.8) is 0 Å². The number of benzene rings is 1. The Balaban J connectivity index is 1.73. The first-order valence-electron chi connectivity index (χ1n) is 8.71. The van der Waals surface area contributed by atoms with Crippen molar-refractivity contribution in [3.8, 4) is 5.88 Å². The number of nitrogens with zero attached hydrogens (tertiary/aromatic N) is 3. The van der Waals surface area contributed by atoms with Gasteiger partial charge in [-0.15, -0.1) is 0 Å². The normalized spacial score (nSPS) is 16.7. The smallest absolute Gasteiger partial charge is 0.228 e. The number of pyridine rings is 1. The SMILES string of the molecule is CCN(C)/C=N/c1cc(Br)c(O[C@H]2CCc3ccccc3C2)nc1C. The second kappa shape index (κ2) is 8.00. The van der Waals surface area contributed by atoms with Gasteiger partial charge in [0.25, 0.3) is 0 Å². The van der Waals surface area contributed by atoms with Gasteiger partial charge >= 0.3 is 0 Å². The van der Waals surface area contributed by atoms with Crippen LogP contribution in [-0.2, 0) is 12.8 Å². The number of aliphatic imine (C=N–C) groups is 1. The predicted molar refractivity (Wildman–Crippen MR) is 106 cm³/mol. The molecule has 0 fully saturated rings. The lowest BCUT2D eigenvalue weighted by Crippen LogP contribution is -2.25. The summed E-state index contributed by atoms with van der Waals surface area (Å²) >= 11 is 3.59.